The highest BCUT2D eigenvalue weighted by atomic mass is 32.2. The van der Waals surface area contributed by atoms with Crippen molar-refractivity contribution in [3.8, 4) is 0 Å². The van der Waals surface area contributed by atoms with E-state index in [4.69, 9.17) is 4.74 Å². The molecule has 2 aliphatic rings. The highest BCUT2D eigenvalue weighted by Crippen LogP contribution is 2.42. The summed E-state index contributed by atoms with van der Waals surface area (Å²) in [5.74, 6) is 1.06. The van der Waals surface area contributed by atoms with Gasteiger partial charge in [-0.15, -0.1) is 0 Å². The zero-order chi connectivity index (χ0) is 9.31. The van der Waals surface area contributed by atoms with Crippen LogP contribution < -0.4 is 0 Å². The van der Waals surface area contributed by atoms with Crippen molar-refractivity contribution in [1.82, 2.24) is 0 Å². The smallest absolute Gasteiger partial charge is 0.101 e. The second-order valence-electron chi connectivity index (χ2n) is 3.80. The van der Waals surface area contributed by atoms with Crippen LogP contribution in [0.3, 0.4) is 0 Å². The summed E-state index contributed by atoms with van der Waals surface area (Å²) in [4.78, 5) is 0. The van der Waals surface area contributed by atoms with Crippen molar-refractivity contribution in [2.75, 3.05) is 12.4 Å². The Morgan fingerprint density at radius 3 is 3.08 bits per heavy atom. The third kappa shape index (κ3) is 1.59. The molecule has 3 heteroatoms. The molecule has 2 nitrogen and oxygen atoms in total. The molecule has 1 fully saturated rings. The van der Waals surface area contributed by atoms with Crippen LogP contribution in [0.1, 0.15) is 26.2 Å². The van der Waals surface area contributed by atoms with Crippen LogP contribution in [-0.4, -0.2) is 28.3 Å². The van der Waals surface area contributed by atoms with Gasteiger partial charge in [-0.3, -0.25) is 0 Å². The third-order valence-corrected chi connectivity index (χ3v) is 4.34. The van der Waals surface area contributed by atoms with Crippen molar-refractivity contribution in [3.63, 3.8) is 0 Å². The molecular weight excluding hydrogens is 184 g/mol. The molecular formula is C10H16O2S. The van der Waals surface area contributed by atoms with Gasteiger partial charge in [-0.25, -0.2) is 0 Å². The Morgan fingerprint density at radius 2 is 2.54 bits per heavy atom. The summed E-state index contributed by atoms with van der Waals surface area (Å²) in [6, 6.07) is 0. The van der Waals surface area contributed by atoms with Gasteiger partial charge >= 0.3 is 0 Å². The van der Waals surface area contributed by atoms with Crippen LogP contribution in [0.4, 0.5) is 0 Å². The first-order valence-electron chi connectivity index (χ1n) is 4.88. The number of aliphatic hydroxyl groups is 1. The molecule has 2 atom stereocenters. The van der Waals surface area contributed by atoms with Crippen LogP contribution in [0.25, 0.3) is 0 Å². The predicted octanol–water partition coefficient (Wildman–Crippen LogP) is 1.94. The lowest BCUT2D eigenvalue weighted by Gasteiger charge is -2.31. The zero-order valence-electron chi connectivity index (χ0n) is 7.95. The topological polar surface area (TPSA) is 29.5 Å². The van der Waals surface area contributed by atoms with Gasteiger partial charge in [0.25, 0.3) is 0 Å². The molecule has 2 aliphatic heterocycles. The van der Waals surface area contributed by atoms with Gasteiger partial charge in [0.1, 0.15) is 5.60 Å². The number of ether oxygens (including phenoxy) is 1. The van der Waals surface area contributed by atoms with Crippen molar-refractivity contribution < 1.29 is 9.84 Å². The van der Waals surface area contributed by atoms with Crippen LogP contribution in [0.15, 0.2) is 11.8 Å². The largest absolute Gasteiger partial charge is 0.501 e. The minimum atomic E-state index is -0.578. The lowest BCUT2D eigenvalue weighted by molar-refractivity contribution is 0.0675. The molecule has 0 bridgehead atoms. The zero-order valence-corrected chi connectivity index (χ0v) is 8.77. The highest BCUT2D eigenvalue weighted by molar-refractivity contribution is 8.00. The fourth-order valence-corrected chi connectivity index (χ4v) is 3.36. The third-order valence-electron chi connectivity index (χ3n) is 3.01. The first kappa shape index (κ1) is 9.41. The Bertz CT molecular complexity index is 227. The Balaban J connectivity index is 2.17. The number of thioether (sulfide) groups is 1. The van der Waals surface area contributed by atoms with Gasteiger partial charge in [0.15, 0.2) is 0 Å². The number of hydrogen-bond acceptors (Lipinski definition) is 3. The molecule has 2 rings (SSSR count). The summed E-state index contributed by atoms with van der Waals surface area (Å²) in [6.45, 7) is 2.91. The Hall–Kier alpha value is -0.150. The van der Waals surface area contributed by atoms with Crippen LogP contribution in [0, 0.1) is 0 Å². The molecule has 2 heterocycles. The quantitative estimate of drug-likeness (QED) is 0.701. The van der Waals surface area contributed by atoms with E-state index < -0.39 is 5.60 Å². The summed E-state index contributed by atoms with van der Waals surface area (Å²) in [6.07, 6.45) is 4.72. The van der Waals surface area contributed by atoms with Crippen molar-refractivity contribution in [3.05, 3.63) is 11.8 Å². The Morgan fingerprint density at radius 1 is 1.69 bits per heavy atom. The average molecular weight is 200 g/mol. The summed E-state index contributed by atoms with van der Waals surface area (Å²) < 4.78 is 5.28. The lowest BCUT2D eigenvalue weighted by atomic mass is 9.86. The summed E-state index contributed by atoms with van der Waals surface area (Å²) in [7, 11) is 0. The minimum absolute atomic E-state index is 0.320. The monoisotopic (exact) mass is 200 g/mol. The maximum atomic E-state index is 10.4. The molecule has 0 radical (unpaired) electrons. The van der Waals surface area contributed by atoms with E-state index in [9.17, 15) is 5.11 Å². The van der Waals surface area contributed by atoms with Gasteiger partial charge in [-0.1, -0.05) is 6.92 Å². The molecule has 0 aliphatic carbocycles. The fraction of sp³-hybridized carbons (Fsp3) is 0.800. The molecule has 0 aromatic heterocycles. The fourth-order valence-electron chi connectivity index (χ4n) is 2.04. The second-order valence-corrected chi connectivity index (χ2v) is 5.25. The van der Waals surface area contributed by atoms with E-state index in [0.29, 0.717) is 5.25 Å². The molecule has 2 unspecified atom stereocenters. The van der Waals surface area contributed by atoms with Crippen LogP contribution >= 0.6 is 11.8 Å². The van der Waals surface area contributed by atoms with Crippen molar-refractivity contribution in [2.45, 2.75) is 37.0 Å². The van der Waals surface area contributed by atoms with Crippen LogP contribution in [0.2, 0.25) is 0 Å². The van der Waals surface area contributed by atoms with E-state index in [2.05, 4.69) is 6.92 Å². The molecule has 74 valence electrons. The molecule has 0 saturated carbocycles. The van der Waals surface area contributed by atoms with Gasteiger partial charge in [0.2, 0.25) is 0 Å². The van der Waals surface area contributed by atoms with Crippen molar-refractivity contribution in [2.24, 2.45) is 0 Å². The lowest BCUT2D eigenvalue weighted by Crippen LogP contribution is -2.37. The molecule has 1 N–H and O–H groups in total. The molecule has 0 aromatic rings. The van der Waals surface area contributed by atoms with E-state index in [1.807, 2.05) is 11.8 Å². The van der Waals surface area contributed by atoms with Crippen molar-refractivity contribution in [1.29, 1.82) is 0 Å². The molecule has 0 aromatic carbocycles. The minimum Gasteiger partial charge on any atom is -0.501 e. The van der Waals surface area contributed by atoms with Gasteiger partial charge in [0, 0.05) is 5.25 Å². The van der Waals surface area contributed by atoms with E-state index in [-0.39, 0.29) is 0 Å². The SMILES string of the molecule is CC1SCCC1(O)C1=COCCC1. The van der Waals surface area contributed by atoms with Crippen LogP contribution in [0.5, 0.6) is 0 Å². The number of rotatable bonds is 1. The molecule has 0 spiro atoms. The highest BCUT2D eigenvalue weighted by Gasteiger charge is 2.42. The molecule has 0 amide bonds. The molecule has 1 saturated heterocycles. The van der Waals surface area contributed by atoms with Crippen LogP contribution in [-0.2, 0) is 4.74 Å². The Kier molecular flexibility index (Phi) is 2.56. The summed E-state index contributed by atoms with van der Waals surface area (Å²) in [5.41, 5.74) is 0.529. The first-order chi connectivity index (χ1) is 6.23. The summed E-state index contributed by atoms with van der Waals surface area (Å²) >= 11 is 1.85. The molecule has 13 heavy (non-hydrogen) atoms. The van der Waals surface area contributed by atoms with E-state index in [1.54, 1.807) is 6.26 Å². The second kappa shape index (κ2) is 3.54. The van der Waals surface area contributed by atoms with Gasteiger partial charge < -0.3 is 9.84 Å². The van der Waals surface area contributed by atoms with Gasteiger partial charge in [0.05, 0.1) is 12.9 Å². The standard InChI is InChI=1S/C10H16O2S/c1-8-10(11,4-6-13-8)9-3-2-5-12-7-9/h7-8,11H,2-6H2,1H3. The number of hydrogen-bond donors (Lipinski definition) is 1. The van der Waals surface area contributed by atoms with E-state index in [1.165, 1.54) is 0 Å². The first-order valence-corrected chi connectivity index (χ1v) is 5.93. The maximum Gasteiger partial charge on any atom is 0.101 e. The van der Waals surface area contributed by atoms with Gasteiger partial charge in [-0.2, -0.15) is 11.8 Å². The maximum absolute atomic E-state index is 10.4. The predicted molar refractivity (Wildman–Crippen MR) is 54.8 cm³/mol. The van der Waals surface area contributed by atoms with E-state index >= 15 is 0 Å². The summed E-state index contributed by atoms with van der Waals surface area (Å²) in [5, 5.41) is 10.7. The van der Waals surface area contributed by atoms with Gasteiger partial charge in [-0.05, 0) is 30.6 Å². The average Bonchev–Trinajstić information content (AvgIpc) is 2.50. The Labute approximate surface area is 83.4 Å². The van der Waals surface area contributed by atoms with E-state index in [0.717, 1.165) is 37.2 Å². The van der Waals surface area contributed by atoms with Crippen molar-refractivity contribution >= 4 is 11.8 Å². The normalized spacial score (nSPS) is 39.8.